The molecule has 0 spiro atoms. The van der Waals surface area contributed by atoms with Crippen LogP contribution in [-0.4, -0.2) is 12.9 Å². The van der Waals surface area contributed by atoms with Crippen molar-refractivity contribution in [2.24, 2.45) is 5.11 Å². The van der Waals surface area contributed by atoms with E-state index in [1.807, 2.05) is 0 Å². The first-order valence-electron chi connectivity index (χ1n) is 4.54. The summed E-state index contributed by atoms with van der Waals surface area (Å²) >= 11 is 0. The molecule has 0 radical (unpaired) electrons. The second kappa shape index (κ2) is 5.81. The molecule has 0 unspecified atom stereocenters. The summed E-state index contributed by atoms with van der Waals surface area (Å²) in [6.45, 7) is 0.140. The molecule has 0 atom stereocenters. The van der Waals surface area contributed by atoms with Crippen molar-refractivity contribution in [3.8, 4) is 5.75 Å². The van der Waals surface area contributed by atoms with Crippen molar-refractivity contribution in [1.82, 2.24) is 0 Å². The maximum Gasteiger partial charge on any atom is 0.573 e. The van der Waals surface area contributed by atoms with Gasteiger partial charge in [-0.15, -0.1) is 13.2 Å². The van der Waals surface area contributed by atoms with Crippen molar-refractivity contribution >= 4 is 6.08 Å². The number of azide groups is 1. The van der Waals surface area contributed by atoms with Crippen LogP contribution in [-0.2, 0) is 0 Å². The molecule has 0 saturated carbocycles. The van der Waals surface area contributed by atoms with E-state index in [1.165, 1.54) is 30.4 Å². The maximum absolute atomic E-state index is 11.9. The van der Waals surface area contributed by atoms with Gasteiger partial charge in [0.15, 0.2) is 0 Å². The van der Waals surface area contributed by atoms with Crippen molar-refractivity contribution in [3.05, 3.63) is 46.3 Å². The minimum absolute atomic E-state index is 0.140. The molecule has 1 aromatic carbocycles. The molecular formula is C10H8F3N3O. The van der Waals surface area contributed by atoms with E-state index >= 15 is 0 Å². The Kier molecular flexibility index (Phi) is 4.42. The lowest BCUT2D eigenvalue weighted by molar-refractivity contribution is -0.274. The first-order valence-corrected chi connectivity index (χ1v) is 4.54. The molecule has 90 valence electrons. The van der Waals surface area contributed by atoms with Crippen molar-refractivity contribution in [2.75, 3.05) is 6.54 Å². The predicted molar refractivity (Wildman–Crippen MR) is 56.2 cm³/mol. The van der Waals surface area contributed by atoms with E-state index in [-0.39, 0.29) is 12.3 Å². The second-order valence-electron chi connectivity index (χ2n) is 2.94. The Labute approximate surface area is 94.9 Å². The van der Waals surface area contributed by atoms with Gasteiger partial charge in [0, 0.05) is 11.5 Å². The van der Waals surface area contributed by atoms with Crippen molar-refractivity contribution in [1.29, 1.82) is 0 Å². The van der Waals surface area contributed by atoms with Crippen LogP contribution in [0.4, 0.5) is 13.2 Å². The highest BCUT2D eigenvalue weighted by Crippen LogP contribution is 2.23. The lowest BCUT2D eigenvalue weighted by Gasteiger charge is -2.08. The van der Waals surface area contributed by atoms with Gasteiger partial charge in [0.1, 0.15) is 5.75 Å². The van der Waals surface area contributed by atoms with Gasteiger partial charge in [-0.3, -0.25) is 0 Å². The largest absolute Gasteiger partial charge is 0.573 e. The van der Waals surface area contributed by atoms with Crippen LogP contribution in [0.2, 0.25) is 0 Å². The normalized spacial score (nSPS) is 11.2. The molecule has 0 heterocycles. The predicted octanol–water partition coefficient (Wildman–Crippen LogP) is 3.91. The average molecular weight is 243 g/mol. The monoisotopic (exact) mass is 243 g/mol. The zero-order chi connectivity index (χ0) is 12.7. The van der Waals surface area contributed by atoms with Crippen molar-refractivity contribution in [2.45, 2.75) is 6.36 Å². The van der Waals surface area contributed by atoms with E-state index in [2.05, 4.69) is 14.8 Å². The maximum atomic E-state index is 11.9. The summed E-state index contributed by atoms with van der Waals surface area (Å²) in [6.07, 6.45) is -1.63. The van der Waals surface area contributed by atoms with Gasteiger partial charge in [-0.2, -0.15) is 0 Å². The number of halogens is 3. The van der Waals surface area contributed by atoms with Gasteiger partial charge in [-0.1, -0.05) is 29.4 Å². The summed E-state index contributed by atoms with van der Waals surface area (Å²) in [6, 6.07) is 5.49. The summed E-state index contributed by atoms with van der Waals surface area (Å²) in [5.41, 5.74) is 8.54. The fourth-order valence-corrected chi connectivity index (χ4v) is 1.09. The van der Waals surface area contributed by atoms with E-state index in [1.54, 1.807) is 6.07 Å². The van der Waals surface area contributed by atoms with Gasteiger partial charge in [0.2, 0.25) is 0 Å². The molecule has 0 amide bonds. The molecule has 4 nitrogen and oxygen atoms in total. The Morgan fingerprint density at radius 3 is 2.82 bits per heavy atom. The van der Waals surface area contributed by atoms with E-state index in [0.29, 0.717) is 5.56 Å². The summed E-state index contributed by atoms with van der Waals surface area (Å²) in [5, 5.41) is 3.25. The van der Waals surface area contributed by atoms with E-state index in [0.717, 1.165) is 0 Å². The van der Waals surface area contributed by atoms with Crippen LogP contribution in [0.15, 0.2) is 35.5 Å². The average Bonchev–Trinajstić information content (AvgIpc) is 2.23. The van der Waals surface area contributed by atoms with Crippen LogP contribution in [0.5, 0.6) is 5.75 Å². The molecule has 0 fully saturated rings. The highest BCUT2D eigenvalue weighted by molar-refractivity contribution is 5.51. The minimum Gasteiger partial charge on any atom is -0.406 e. The number of nitrogens with zero attached hydrogens (tertiary/aromatic N) is 3. The number of hydrogen-bond acceptors (Lipinski definition) is 2. The molecule has 17 heavy (non-hydrogen) atoms. The zero-order valence-electron chi connectivity index (χ0n) is 8.55. The SMILES string of the molecule is [N-]=[N+]=NCC=Cc1cccc(OC(F)(F)F)c1. The quantitative estimate of drug-likeness (QED) is 0.449. The number of rotatable bonds is 4. The first-order chi connectivity index (χ1) is 8.01. The molecule has 7 heteroatoms. The summed E-state index contributed by atoms with van der Waals surface area (Å²) in [5.74, 6) is -0.288. The van der Waals surface area contributed by atoms with Crippen molar-refractivity contribution in [3.63, 3.8) is 0 Å². The fraction of sp³-hybridized carbons (Fsp3) is 0.200. The van der Waals surface area contributed by atoms with E-state index < -0.39 is 6.36 Å². The highest BCUT2D eigenvalue weighted by Gasteiger charge is 2.30. The Morgan fingerprint density at radius 2 is 2.18 bits per heavy atom. The molecule has 0 aliphatic rings. The van der Waals surface area contributed by atoms with E-state index in [4.69, 9.17) is 5.53 Å². The van der Waals surface area contributed by atoms with Gasteiger partial charge in [0.25, 0.3) is 0 Å². The Morgan fingerprint density at radius 1 is 1.41 bits per heavy atom. The van der Waals surface area contributed by atoms with E-state index in [9.17, 15) is 13.2 Å². The molecule has 1 rings (SSSR count). The Hall–Kier alpha value is -2.14. The summed E-state index contributed by atoms with van der Waals surface area (Å²) in [7, 11) is 0. The molecule has 0 aromatic heterocycles. The summed E-state index contributed by atoms with van der Waals surface area (Å²) in [4.78, 5) is 2.53. The van der Waals surface area contributed by atoms with Crippen LogP contribution in [0, 0.1) is 0 Å². The minimum atomic E-state index is -4.70. The lowest BCUT2D eigenvalue weighted by Crippen LogP contribution is -2.17. The number of ether oxygens (including phenoxy) is 1. The van der Waals surface area contributed by atoms with Gasteiger partial charge in [0.05, 0.1) is 0 Å². The van der Waals surface area contributed by atoms with Gasteiger partial charge < -0.3 is 4.74 Å². The van der Waals surface area contributed by atoms with Crippen LogP contribution in [0.3, 0.4) is 0 Å². The van der Waals surface area contributed by atoms with Crippen LogP contribution < -0.4 is 4.74 Å². The zero-order valence-corrected chi connectivity index (χ0v) is 8.55. The second-order valence-corrected chi connectivity index (χ2v) is 2.94. The third kappa shape index (κ3) is 5.48. The van der Waals surface area contributed by atoms with Gasteiger partial charge in [-0.05, 0) is 23.2 Å². The van der Waals surface area contributed by atoms with Crippen LogP contribution in [0.1, 0.15) is 5.56 Å². The molecule has 0 N–H and O–H groups in total. The first kappa shape index (κ1) is 12.9. The summed E-state index contributed by atoms with van der Waals surface area (Å²) < 4.78 is 39.5. The number of hydrogen-bond donors (Lipinski definition) is 0. The molecule has 0 bridgehead atoms. The van der Waals surface area contributed by atoms with Crippen LogP contribution >= 0.6 is 0 Å². The topological polar surface area (TPSA) is 58.0 Å². The third-order valence-corrected chi connectivity index (χ3v) is 1.65. The molecule has 0 aliphatic carbocycles. The smallest absolute Gasteiger partial charge is 0.406 e. The molecule has 0 saturated heterocycles. The van der Waals surface area contributed by atoms with Gasteiger partial charge >= 0.3 is 6.36 Å². The van der Waals surface area contributed by atoms with Gasteiger partial charge in [-0.25, -0.2) is 0 Å². The van der Waals surface area contributed by atoms with Crippen molar-refractivity contribution < 1.29 is 17.9 Å². The molecule has 1 aromatic rings. The Balaban J connectivity index is 2.72. The lowest BCUT2D eigenvalue weighted by atomic mass is 10.2. The number of alkyl halides is 3. The third-order valence-electron chi connectivity index (χ3n) is 1.65. The highest BCUT2D eigenvalue weighted by atomic mass is 19.4. The molecular weight excluding hydrogens is 235 g/mol. The van der Waals surface area contributed by atoms with Crippen LogP contribution in [0.25, 0.3) is 16.5 Å². The number of benzene rings is 1. The fourth-order valence-electron chi connectivity index (χ4n) is 1.09. The molecule has 0 aliphatic heterocycles. The Bertz CT molecular complexity index is 450. The standard InChI is InChI=1S/C10H8F3N3O/c11-10(12,13)17-9-5-1-3-8(7-9)4-2-6-15-16-14/h1-5,7H,6H2.